The summed E-state index contributed by atoms with van der Waals surface area (Å²) in [6, 6.07) is 5.15. The molecule has 0 radical (unpaired) electrons. The molecule has 0 fully saturated rings. The van der Waals surface area contributed by atoms with E-state index < -0.39 is 12.0 Å². The highest BCUT2D eigenvalue weighted by atomic mass is 16.4. The summed E-state index contributed by atoms with van der Waals surface area (Å²) in [5, 5.41) is 12.4. The number of carboxylic acids is 1. The molecule has 1 atom stereocenters. The molecule has 2 aromatic rings. The number of hydrogen-bond donors (Lipinski definition) is 2. The maximum atomic E-state index is 11.4. The zero-order chi connectivity index (χ0) is 16.2. The molecule has 0 amide bonds. The molecule has 0 aliphatic rings. The van der Waals surface area contributed by atoms with E-state index in [-0.39, 0.29) is 5.41 Å². The van der Waals surface area contributed by atoms with Crippen LogP contribution >= 0.6 is 0 Å². The molecular weight excluding hydrogens is 278 g/mol. The first kappa shape index (κ1) is 16.4. The second-order valence-electron chi connectivity index (χ2n) is 6.76. The number of fused-ring (bicyclic) bond motifs is 1. The lowest BCUT2D eigenvalue weighted by Gasteiger charge is -2.21. The molecule has 0 aliphatic carbocycles. The van der Waals surface area contributed by atoms with Crippen LogP contribution in [0.5, 0.6) is 0 Å². The minimum absolute atomic E-state index is 0.129. The van der Waals surface area contributed by atoms with Gasteiger partial charge in [0.15, 0.2) is 0 Å². The Bertz CT molecular complexity index is 650. The normalized spacial score (nSPS) is 13.2. The van der Waals surface area contributed by atoms with E-state index >= 15 is 0 Å². The predicted molar refractivity (Wildman–Crippen MR) is 86.5 cm³/mol. The lowest BCUT2D eigenvalue weighted by Crippen LogP contribution is -2.37. The van der Waals surface area contributed by atoms with E-state index in [1.807, 2.05) is 18.2 Å². The van der Waals surface area contributed by atoms with E-state index in [0.717, 1.165) is 23.0 Å². The lowest BCUT2D eigenvalue weighted by molar-refractivity contribution is -0.139. The Hall–Kier alpha value is -2.01. The number of rotatable bonds is 6. The highest BCUT2D eigenvalue weighted by molar-refractivity contribution is 5.74. The number of carbonyl (C=O) groups is 1. The molecule has 2 aromatic heterocycles. The summed E-state index contributed by atoms with van der Waals surface area (Å²) in [4.78, 5) is 20.0. The first-order valence-electron chi connectivity index (χ1n) is 7.51. The Labute approximate surface area is 130 Å². The van der Waals surface area contributed by atoms with Gasteiger partial charge < -0.3 is 10.4 Å². The van der Waals surface area contributed by atoms with Gasteiger partial charge in [0.05, 0.1) is 11.0 Å². The van der Waals surface area contributed by atoms with Crippen molar-refractivity contribution in [3.8, 4) is 0 Å². The van der Waals surface area contributed by atoms with Crippen LogP contribution in [0.15, 0.2) is 30.6 Å². The molecule has 0 saturated carbocycles. The van der Waals surface area contributed by atoms with Crippen LogP contribution < -0.4 is 5.32 Å². The zero-order valence-corrected chi connectivity index (χ0v) is 13.3. The van der Waals surface area contributed by atoms with Crippen molar-refractivity contribution >= 4 is 17.0 Å². The summed E-state index contributed by atoms with van der Waals surface area (Å²) in [6.45, 7) is 6.82. The minimum atomic E-state index is -0.809. The van der Waals surface area contributed by atoms with Gasteiger partial charge in [0, 0.05) is 18.9 Å². The van der Waals surface area contributed by atoms with Crippen LogP contribution in [0.25, 0.3) is 11.0 Å². The van der Waals surface area contributed by atoms with Crippen LogP contribution in [-0.4, -0.2) is 27.1 Å². The average molecular weight is 301 g/mol. The van der Waals surface area contributed by atoms with Gasteiger partial charge in [-0.25, -0.2) is 0 Å². The van der Waals surface area contributed by atoms with Crippen LogP contribution in [0.4, 0.5) is 0 Å². The monoisotopic (exact) mass is 301 g/mol. The Balaban J connectivity index is 1.99. The number of carboxylic acid groups (broad SMARTS) is 1. The molecule has 5 nitrogen and oxygen atoms in total. The molecule has 0 bridgehead atoms. The summed E-state index contributed by atoms with van der Waals surface area (Å²) in [5.41, 5.74) is 2.73. The van der Waals surface area contributed by atoms with Crippen molar-refractivity contribution in [2.75, 3.05) is 0 Å². The third-order valence-corrected chi connectivity index (χ3v) is 3.54. The number of pyridine rings is 2. The van der Waals surface area contributed by atoms with Crippen molar-refractivity contribution in [1.82, 2.24) is 15.3 Å². The largest absolute Gasteiger partial charge is 0.480 e. The first-order chi connectivity index (χ1) is 10.3. The van der Waals surface area contributed by atoms with E-state index in [1.54, 1.807) is 12.4 Å². The molecule has 2 heterocycles. The second-order valence-corrected chi connectivity index (χ2v) is 6.76. The van der Waals surface area contributed by atoms with Gasteiger partial charge in [0.1, 0.15) is 6.04 Å². The average Bonchev–Trinajstić information content (AvgIpc) is 2.45. The van der Waals surface area contributed by atoms with Gasteiger partial charge in [-0.1, -0.05) is 20.8 Å². The molecule has 0 saturated heterocycles. The van der Waals surface area contributed by atoms with Gasteiger partial charge in [-0.05, 0) is 42.0 Å². The highest BCUT2D eigenvalue weighted by Gasteiger charge is 2.20. The van der Waals surface area contributed by atoms with Crippen LogP contribution in [0, 0.1) is 5.41 Å². The molecule has 2 N–H and O–H groups in total. The standard InChI is InChI=1S/C17H23N3O2/c1-17(2,3)7-6-14(16(21)22)20-11-12-9-15-13(19-10-12)5-4-8-18-15/h4-5,8-10,14,20H,6-7,11H2,1-3H3,(H,21,22)/t14-/m0/s1. The third-order valence-electron chi connectivity index (χ3n) is 3.54. The zero-order valence-electron chi connectivity index (χ0n) is 13.3. The molecule has 0 unspecified atom stereocenters. The summed E-state index contributed by atoms with van der Waals surface area (Å²) in [6.07, 6.45) is 4.96. The van der Waals surface area contributed by atoms with Crippen LogP contribution in [-0.2, 0) is 11.3 Å². The second kappa shape index (κ2) is 6.83. The Morgan fingerprint density at radius 1 is 1.32 bits per heavy atom. The van der Waals surface area contributed by atoms with Gasteiger partial charge in [-0.2, -0.15) is 0 Å². The fourth-order valence-corrected chi connectivity index (χ4v) is 2.22. The van der Waals surface area contributed by atoms with Gasteiger partial charge in [-0.3, -0.25) is 14.8 Å². The molecule has 0 aliphatic heterocycles. The van der Waals surface area contributed by atoms with E-state index in [9.17, 15) is 9.90 Å². The van der Waals surface area contributed by atoms with Crippen molar-refractivity contribution < 1.29 is 9.90 Å². The highest BCUT2D eigenvalue weighted by Crippen LogP contribution is 2.21. The number of nitrogens with one attached hydrogen (secondary N) is 1. The van der Waals surface area contributed by atoms with Crippen LogP contribution in [0.2, 0.25) is 0 Å². The fourth-order valence-electron chi connectivity index (χ4n) is 2.22. The summed E-state index contributed by atoms with van der Waals surface area (Å²) in [5.74, 6) is -0.809. The SMILES string of the molecule is CC(C)(C)CC[C@H](NCc1cnc2cccnc2c1)C(=O)O. The molecule has 0 spiro atoms. The maximum absolute atomic E-state index is 11.4. The van der Waals surface area contributed by atoms with E-state index in [0.29, 0.717) is 13.0 Å². The fraction of sp³-hybridized carbons (Fsp3) is 0.471. The van der Waals surface area contributed by atoms with Crippen molar-refractivity contribution in [2.24, 2.45) is 5.41 Å². The molecular formula is C17H23N3O2. The number of nitrogens with zero attached hydrogens (tertiary/aromatic N) is 2. The van der Waals surface area contributed by atoms with E-state index in [1.165, 1.54) is 0 Å². The van der Waals surface area contributed by atoms with E-state index in [4.69, 9.17) is 0 Å². The smallest absolute Gasteiger partial charge is 0.320 e. The van der Waals surface area contributed by atoms with E-state index in [2.05, 4.69) is 36.1 Å². The molecule has 5 heteroatoms. The third kappa shape index (κ3) is 4.77. The maximum Gasteiger partial charge on any atom is 0.320 e. The molecule has 118 valence electrons. The minimum Gasteiger partial charge on any atom is -0.480 e. The van der Waals surface area contributed by atoms with Crippen molar-refractivity contribution in [3.05, 3.63) is 36.2 Å². The molecule has 0 aromatic carbocycles. The van der Waals surface area contributed by atoms with Gasteiger partial charge in [0.25, 0.3) is 0 Å². The first-order valence-corrected chi connectivity index (χ1v) is 7.51. The van der Waals surface area contributed by atoms with Crippen LogP contribution in [0.1, 0.15) is 39.2 Å². The quantitative estimate of drug-likeness (QED) is 0.858. The van der Waals surface area contributed by atoms with Crippen LogP contribution in [0.3, 0.4) is 0 Å². The Kier molecular flexibility index (Phi) is 5.08. The van der Waals surface area contributed by atoms with Crippen molar-refractivity contribution in [2.45, 2.75) is 46.2 Å². The Morgan fingerprint density at radius 3 is 2.77 bits per heavy atom. The number of aliphatic carboxylic acids is 1. The summed E-state index contributed by atoms with van der Waals surface area (Å²) in [7, 11) is 0. The summed E-state index contributed by atoms with van der Waals surface area (Å²) < 4.78 is 0. The van der Waals surface area contributed by atoms with Crippen molar-refractivity contribution in [3.63, 3.8) is 0 Å². The number of aromatic nitrogens is 2. The molecule has 2 rings (SSSR count). The lowest BCUT2D eigenvalue weighted by atomic mass is 9.88. The molecule has 22 heavy (non-hydrogen) atoms. The topological polar surface area (TPSA) is 75.1 Å². The Morgan fingerprint density at radius 2 is 2.09 bits per heavy atom. The van der Waals surface area contributed by atoms with Gasteiger partial charge >= 0.3 is 5.97 Å². The number of hydrogen-bond acceptors (Lipinski definition) is 4. The van der Waals surface area contributed by atoms with Gasteiger partial charge in [0.2, 0.25) is 0 Å². The van der Waals surface area contributed by atoms with Crippen molar-refractivity contribution in [1.29, 1.82) is 0 Å². The summed E-state index contributed by atoms with van der Waals surface area (Å²) >= 11 is 0. The van der Waals surface area contributed by atoms with Gasteiger partial charge in [-0.15, -0.1) is 0 Å². The predicted octanol–water partition coefficient (Wildman–Crippen LogP) is 3.00.